The van der Waals surface area contributed by atoms with Crippen molar-refractivity contribution >= 4 is 33.4 Å². The molecule has 1 aliphatic heterocycles. The summed E-state index contributed by atoms with van der Waals surface area (Å²) in [4.78, 5) is 42.0. The Labute approximate surface area is 149 Å². The second kappa shape index (κ2) is 7.35. The molecule has 2 aromatic heterocycles. The second-order valence-corrected chi connectivity index (χ2v) is 7.10. The summed E-state index contributed by atoms with van der Waals surface area (Å²) in [5.41, 5.74) is 0.485. The molecule has 0 spiro atoms. The summed E-state index contributed by atoms with van der Waals surface area (Å²) in [6.07, 6.45) is 3.56. The lowest BCUT2D eigenvalue weighted by Gasteiger charge is -2.05. The molecular formula is C17H21N3O4S. The number of carbonyl (C=O) groups is 2. The quantitative estimate of drug-likeness (QED) is 0.624. The first-order chi connectivity index (χ1) is 12.0. The molecule has 1 aliphatic rings. The Balaban J connectivity index is 1.76. The van der Waals surface area contributed by atoms with Crippen molar-refractivity contribution in [3.05, 3.63) is 26.6 Å². The maximum absolute atomic E-state index is 12.6. The van der Waals surface area contributed by atoms with Gasteiger partial charge in [-0.2, -0.15) is 0 Å². The van der Waals surface area contributed by atoms with Crippen molar-refractivity contribution in [2.24, 2.45) is 0 Å². The Morgan fingerprint density at radius 2 is 2.20 bits per heavy atom. The Morgan fingerprint density at radius 3 is 2.96 bits per heavy atom. The molecule has 1 N–H and O–H groups in total. The Bertz CT molecular complexity index is 884. The number of thiophene rings is 1. The minimum Gasteiger partial charge on any atom is -0.451 e. The number of amides is 1. The third kappa shape index (κ3) is 3.44. The minimum atomic E-state index is -0.587. The second-order valence-electron chi connectivity index (χ2n) is 6.10. The van der Waals surface area contributed by atoms with Crippen LogP contribution in [0.4, 0.5) is 0 Å². The highest BCUT2D eigenvalue weighted by Gasteiger charge is 2.24. The molecule has 7 nitrogen and oxygen atoms in total. The molecule has 0 saturated heterocycles. The van der Waals surface area contributed by atoms with Crippen LogP contribution >= 0.6 is 11.3 Å². The van der Waals surface area contributed by atoms with Crippen molar-refractivity contribution in [2.75, 3.05) is 13.2 Å². The van der Waals surface area contributed by atoms with Gasteiger partial charge in [-0.25, -0.2) is 9.78 Å². The van der Waals surface area contributed by atoms with Gasteiger partial charge in [0.25, 0.3) is 11.5 Å². The largest absolute Gasteiger partial charge is 0.451 e. The molecular weight excluding hydrogens is 342 g/mol. The van der Waals surface area contributed by atoms with Gasteiger partial charge >= 0.3 is 5.97 Å². The predicted molar refractivity (Wildman–Crippen MR) is 95.1 cm³/mol. The molecule has 0 unspecified atom stereocenters. The number of unbranched alkanes of at least 4 members (excludes halogenated alkanes) is 1. The SMILES string of the molecule is CCCCNC(=O)COC(=O)c1sc2nc3n(c(=O)c2c1C)CCC3. The van der Waals surface area contributed by atoms with Crippen molar-refractivity contribution in [3.63, 3.8) is 0 Å². The van der Waals surface area contributed by atoms with Crippen LogP contribution in [0.3, 0.4) is 0 Å². The molecule has 2 aromatic rings. The highest BCUT2D eigenvalue weighted by molar-refractivity contribution is 7.20. The van der Waals surface area contributed by atoms with Crippen LogP contribution in [0.25, 0.3) is 10.2 Å². The Hall–Kier alpha value is -2.22. The molecule has 0 atom stereocenters. The summed E-state index contributed by atoms with van der Waals surface area (Å²) in [6.45, 7) is 4.68. The van der Waals surface area contributed by atoms with Crippen molar-refractivity contribution in [2.45, 2.75) is 46.1 Å². The maximum atomic E-state index is 12.6. The third-order valence-corrected chi connectivity index (χ3v) is 5.45. The van der Waals surface area contributed by atoms with Crippen molar-refractivity contribution in [3.8, 4) is 0 Å². The number of aryl methyl sites for hydroxylation is 2. The van der Waals surface area contributed by atoms with Gasteiger partial charge in [0.05, 0.1) is 5.39 Å². The Kier molecular flexibility index (Phi) is 5.17. The molecule has 0 saturated carbocycles. The van der Waals surface area contributed by atoms with Crippen LogP contribution < -0.4 is 10.9 Å². The van der Waals surface area contributed by atoms with Gasteiger partial charge in [0.15, 0.2) is 6.61 Å². The lowest BCUT2D eigenvalue weighted by atomic mass is 10.2. The number of aromatic nitrogens is 2. The summed E-state index contributed by atoms with van der Waals surface area (Å²) >= 11 is 1.15. The van der Waals surface area contributed by atoms with Gasteiger partial charge in [-0.05, 0) is 25.3 Å². The third-order valence-electron chi connectivity index (χ3n) is 4.28. The molecule has 3 heterocycles. The summed E-state index contributed by atoms with van der Waals surface area (Å²) in [6, 6.07) is 0. The molecule has 0 aliphatic carbocycles. The van der Waals surface area contributed by atoms with Gasteiger partial charge in [-0.15, -0.1) is 11.3 Å². The van der Waals surface area contributed by atoms with E-state index in [2.05, 4.69) is 10.3 Å². The summed E-state index contributed by atoms with van der Waals surface area (Å²) in [5.74, 6) is -0.137. The van der Waals surface area contributed by atoms with Gasteiger partial charge < -0.3 is 10.1 Å². The van der Waals surface area contributed by atoms with E-state index >= 15 is 0 Å². The van der Waals surface area contributed by atoms with E-state index in [0.29, 0.717) is 33.7 Å². The van der Waals surface area contributed by atoms with E-state index in [1.165, 1.54) is 0 Å². The number of esters is 1. The lowest BCUT2D eigenvalue weighted by Crippen LogP contribution is -2.29. The van der Waals surface area contributed by atoms with E-state index < -0.39 is 5.97 Å². The van der Waals surface area contributed by atoms with E-state index in [9.17, 15) is 14.4 Å². The average Bonchev–Trinajstić information content (AvgIpc) is 3.18. The lowest BCUT2D eigenvalue weighted by molar-refractivity contribution is -0.124. The summed E-state index contributed by atoms with van der Waals surface area (Å²) < 4.78 is 6.77. The van der Waals surface area contributed by atoms with Gasteiger partial charge in [0, 0.05) is 19.5 Å². The first kappa shape index (κ1) is 17.6. The highest BCUT2D eigenvalue weighted by atomic mass is 32.1. The fraction of sp³-hybridized carbons (Fsp3) is 0.529. The summed E-state index contributed by atoms with van der Waals surface area (Å²) in [7, 11) is 0. The zero-order valence-electron chi connectivity index (χ0n) is 14.4. The molecule has 134 valence electrons. The van der Waals surface area contributed by atoms with Gasteiger partial charge in [0.1, 0.15) is 15.5 Å². The summed E-state index contributed by atoms with van der Waals surface area (Å²) in [5, 5.41) is 3.17. The highest BCUT2D eigenvalue weighted by Crippen LogP contribution is 2.29. The molecule has 0 fully saturated rings. The van der Waals surface area contributed by atoms with Crippen LogP contribution in [0.15, 0.2) is 4.79 Å². The first-order valence-corrected chi connectivity index (χ1v) is 9.31. The molecule has 0 radical (unpaired) electrons. The standard InChI is InChI=1S/C17H21N3O4S/c1-3-4-7-18-12(21)9-24-17(23)14-10(2)13-15(25-14)19-11-6-5-8-20(11)16(13)22/h3-9H2,1-2H3,(H,18,21). The molecule has 0 bridgehead atoms. The Morgan fingerprint density at radius 1 is 1.40 bits per heavy atom. The van der Waals surface area contributed by atoms with E-state index in [1.807, 2.05) is 6.92 Å². The number of rotatable bonds is 6. The van der Waals surface area contributed by atoms with Gasteiger partial charge in [0.2, 0.25) is 0 Å². The van der Waals surface area contributed by atoms with E-state index in [4.69, 9.17) is 4.74 Å². The van der Waals surface area contributed by atoms with Crippen LogP contribution in [-0.4, -0.2) is 34.6 Å². The monoisotopic (exact) mass is 363 g/mol. The van der Waals surface area contributed by atoms with Crippen LogP contribution in [-0.2, 0) is 22.5 Å². The number of nitrogens with one attached hydrogen (secondary N) is 1. The smallest absolute Gasteiger partial charge is 0.349 e. The molecule has 0 aromatic carbocycles. The maximum Gasteiger partial charge on any atom is 0.349 e. The molecule has 25 heavy (non-hydrogen) atoms. The van der Waals surface area contributed by atoms with Crippen LogP contribution in [0.2, 0.25) is 0 Å². The normalized spacial score (nSPS) is 13.0. The van der Waals surface area contributed by atoms with Gasteiger partial charge in [-0.3, -0.25) is 14.2 Å². The zero-order chi connectivity index (χ0) is 18.0. The topological polar surface area (TPSA) is 90.3 Å². The molecule has 3 rings (SSSR count). The number of nitrogens with zero attached hydrogens (tertiary/aromatic N) is 2. The minimum absolute atomic E-state index is 0.0948. The van der Waals surface area contributed by atoms with E-state index in [-0.39, 0.29) is 18.1 Å². The van der Waals surface area contributed by atoms with Crippen LogP contribution in [0, 0.1) is 6.92 Å². The first-order valence-electron chi connectivity index (χ1n) is 8.49. The fourth-order valence-electron chi connectivity index (χ4n) is 2.92. The van der Waals surface area contributed by atoms with Crippen LogP contribution in [0.5, 0.6) is 0 Å². The van der Waals surface area contributed by atoms with Crippen LogP contribution in [0.1, 0.15) is 47.2 Å². The average molecular weight is 363 g/mol. The number of hydrogen-bond donors (Lipinski definition) is 1. The number of carbonyl (C=O) groups excluding carboxylic acids is 2. The van der Waals surface area contributed by atoms with Crippen molar-refractivity contribution < 1.29 is 14.3 Å². The van der Waals surface area contributed by atoms with Crippen molar-refractivity contribution in [1.82, 2.24) is 14.9 Å². The van der Waals surface area contributed by atoms with Crippen molar-refractivity contribution in [1.29, 1.82) is 0 Å². The zero-order valence-corrected chi connectivity index (χ0v) is 15.2. The van der Waals surface area contributed by atoms with E-state index in [1.54, 1.807) is 11.5 Å². The molecule has 1 amide bonds. The predicted octanol–water partition coefficient (Wildman–Crippen LogP) is 1.79. The number of hydrogen-bond acceptors (Lipinski definition) is 6. The number of fused-ring (bicyclic) bond motifs is 2. The molecule has 8 heteroatoms. The number of ether oxygens (including phenoxy) is 1. The fourth-order valence-corrected chi connectivity index (χ4v) is 4.01. The van der Waals surface area contributed by atoms with E-state index in [0.717, 1.165) is 42.8 Å². The van der Waals surface area contributed by atoms with Gasteiger partial charge in [-0.1, -0.05) is 13.3 Å².